The molecule has 0 saturated carbocycles. The van der Waals surface area contributed by atoms with Crippen LogP contribution in [0.3, 0.4) is 0 Å². The third kappa shape index (κ3) is 2.32. The van der Waals surface area contributed by atoms with Crippen molar-refractivity contribution in [2.24, 2.45) is 0 Å². The lowest BCUT2D eigenvalue weighted by Gasteiger charge is -2.05. The Labute approximate surface area is 114 Å². The van der Waals surface area contributed by atoms with Gasteiger partial charge >= 0.3 is 0 Å². The van der Waals surface area contributed by atoms with E-state index in [4.69, 9.17) is 0 Å². The molecule has 0 aromatic carbocycles. The highest BCUT2D eigenvalue weighted by Gasteiger charge is 2.10. The summed E-state index contributed by atoms with van der Waals surface area (Å²) in [5.41, 5.74) is 1.00. The zero-order valence-corrected chi connectivity index (χ0v) is 11.3. The minimum absolute atomic E-state index is 0.539. The van der Waals surface area contributed by atoms with Crippen LogP contribution in [-0.2, 0) is 0 Å². The summed E-state index contributed by atoms with van der Waals surface area (Å²) in [4.78, 5) is 18.4. The van der Waals surface area contributed by atoms with E-state index in [0.29, 0.717) is 17.7 Å². The van der Waals surface area contributed by atoms with Gasteiger partial charge in [-0.25, -0.2) is 4.98 Å². The zero-order chi connectivity index (χ0) is 13.2. The van der Waals surface area contributed by atoms with Crippen LogP contribution in [0.25, 0.3) is 17.3 Å². The summed E-state index contributed by atoms with van der Waals surface area (Å²) in [5.74, 6) is 1.75. The molecule has 7 heteroatoms. The Balaban J connectivity index is 2.12. The second kappa shape index (κ2) is 4.77. The highest BCUT2D eigenvalue weighted by Crippen LogP contribution is 2.23. The minimum atomic E-state index is 0.539. The van der Waals surface area contributed by atoms with E-state index in [9.17, 15) is 0 Å². The van der Waals surface area contributed by atoms with E-state index in [-0.39, 0.29) is 0 Å². The normalized spacial score (nSPS) is 10.6. The van der Waals surface area contributed by atoms with Crippen LogP contribution < -0.4 is 5.32 Å². The van der Waals surface area contributed by atoms with Gasteiger partial charge < -0.3 is 5.32 Å². The fraction of sp³-hybridized carbons (Fsp3) is 0.167. The van der Waals surface area contributed by atoms with Crippen LogP contribution in [0.5, 0.6) is 0 Å². The summed E-state index contributed by atoms with van der Waals surface area (Å²) < 4.78 is 1.76. The van der Waals surface area contributed by atoms with Crippen molar-refractivity contribution in [1.82, 2.24) is 24.5 Å². The van der Waals surface area contributed by atoms with E-state index in [2.05, 4.69) is 38.2 Å². The lowest BCUT2D eigenvalue weighted by molar-refractivity contribution is 0.902. The number of hydrogen-bond donors (Lipinski definition) is 1. The van der Waals surface area contributed by atoms with Gasteiger partial charge in [0.25, 0.3) is 0 Å². The molecule has 0 fully saturated rings. The molecule has 0 aliphatic rings. The molecule has 19 heavy (non-hydrogen) atoms. The average molecular weight is 272 g/mol. The Morgan fingerprint density at radius 3 is 2.79 bits per heavy atom. The van der Waals surface area contributed by atoms with E-state index in [1.165, 1.54) is 4.88 Å². The smallest absolute Gasteiger partial charge is 0.240 e. The van der Waals surface area contributed by atoms with Gasteiger partial charge in [-0.05, 0) is 13.0 Å². The van der Waals surface area contributed by atoms with Gasteiger partial charge in [0, 0.05) is 35.3 Å². The number of imidazole rings is 1. The predicted octanol–water partition coefficient (Wildman–Crippen LogP) is 2.14. The Morgan fingerprint density at radius 1 is 1.26 bits per heavy atom. The molecule has 0 saturated heterocycles. The molecule has 6 nitrogen and oxygen atoms in total. The number of nitrogens with zero attached hydrogens (tertiary/aromatic N) is 5. The van der Waals surface area contributed by atoms with Crippen LogP contribution in [0, 0.1) is 6.92 Å². The van der Waals surface area contributed by atoms with Crippen molar-refractivity contribution in [3.05, 3.63) is 35.0 Å². The van der Waals surface area contributed by atoms with Crippen LogP contribution in [0.4, 0.5) is 5.95 Å². The first-order chi connectivity index (χ1) is 9.26. The molecule has 0 bridgehead atoms. The fourth-order valence-corrected chi connectivity index (χ4v) is 2.34. The summed E-state index contributed by atoms with van der Waals surface area (Å²) in [6.45, 7) is 2.06. The molecule has 0 unspecified atom stereocenters. The monoisotopic (exact) mass is 272 g/mol. The van der Waals surface area contributed by atoms with Gasteiger partial charge in [-0.3, -0.25) is 4.57 Å². The van der Waals surface area contributed by atoms with E-state index in [1.807, 2.05) is 5.38 Å². The van der Waals surface area contributed by atoms with Crippen LogP contribution in [0.1, 0.15) is 4.88 Å². The second-order valence-electron chi connectivity index (χ2n) is 3.95. The highest BCUT2D eigenvalue weighted by atomic mass is 32.1. The third-order valence-electron chi connectivity index (χ3n) is 2.57. The molecule has 0 spiro atoms. The van der Waals surface area contributed by atoms with Gasteiger partial charge in [0.05, 0.1) is 0 Å². The largest absolute Gasteiger partial charge is 0.357 e. The second-order valence-corrected chi connectivity index (χ2v) is 5.06. The number of aromatic nitrogens is 5. The average Bonchev–Trinajstić information content (AvgIpc) is 3.09. The SMILES string of the molecule is CNc1nc(-c2csc(C)c2)nc(-n2ccnc2)n1. The summed E-state index contributed by atoms with van der Waals surface area (Å²) in [6, 6.07) is 2.07. The standard InChI is InChI=1S/C12H12N6S/c1-8-5-9(6-19-8)10-15-11(13-2)17-12(16-10)18-4-3-14-7-18/h3-7H,1-2H3,(H,13,15,16,17). The van der Waals surface area contributed by atoms with Crippen molar-refractivity contribution >= 4 is 17.3 Å². The number of nitrogens with one attached hydrogen (secondary N) is 1. The van der Waals surface area contributed by atoms with Crippen molar-refractivity contribution < 1.29 is 0 Å². The Bertz CT molecular complexity index is 688. The van der Waals surface area contributed by atoms with Crippen LogP contribution in [0.2, 0.25) is 0 Å². The molecule has 0 amide bonds. The van der Waals surface area contributed by atoms with Crippen molar-refractivity contribution in [2.75, 3.05) is 12.4 Å². The van der Waals surface area contributed by atoms with Crippen molar-refractivity contribution in [1.29, 1.82) is 0 Å². The van der Waals surface area contributed by atoms with E-state index >= 15 is 0 Å². The fourth-order valence-electron chi connectivity index (χ4n) is 1.66. The molecule has 3 aromatic rings. The van der Waals surface area contributed by atoms with E-state index in [1.54, 1.807) is 41.7 Å². The van der Waals surface area contributed by atoms with Crippen molar-refractivity contribution in [3.8, 4) is 17.3 Å². The first-order valence-corrected chi connectivity index (χ1v) is 6.62. The summed E-state index contributed by atoms with van der Waals surface area (Å²) in [5, 5.41) is 5.00. The Morgan fingerprint density at radius 2 is 2.16 bits per heavy atom. The lowest BCUT2D eigenvalue weighted by atomic mass is 10.3. The maximum atomic E-state index is 4.47. The number of thiophene rings is 1. The first kappa shape index (κ1) is 11.8. The molecule has 96 valence electrons. The van der Waals surface area contributed by atoms with Gasteiger partial charge in [0.15, 0.2) is 5.82 Å². The first-order valence-electron chi connectivity index (χ1n) is 5.74. The maximum Gasteiger partial charge on any atom is 0.240 e. The quantitative estimate of drug-likeness (QED) is 0.791. The minimum Gasteiger partial charge on any atom is -0.357 e. The van der Waals surface area contributed by atoms with Crippen LogP contribution in [0.15, 0.2) is 30.2 Å². The van der Waals surface area contributed by atoms with Crippen LogP contribution >= 0.6 is 11.3 Å². The molecular formula is C12H12N6S. The number of hydrogen-bond acceptors (Lipinski definition) is 6. The highest BCUT2D eigenvalue weighted by molar-refractivity contribution is 7.10. The number of anilines is 1. The molecule has 0 atom stereocenters. The van der Waals surface area contributed by atoms with E-state index < -0.39 is 0 Å². The number of aryl methyl sites for hydroxylation is 1. The summed E-state index contributed by atoms with van der Waals surface area (Å²) in [6.07, 6.45) is 5.16. The van der Waals surface area contributed by atoms with Gasteiger partial charge in [-0.1, -0.05) is 0 Å². The summed E-state index contributed by atoms with van der Waals surface area (Å²) >= 11 is 1.68. The van der Waals surface area contributed by atoms with Gasteiger partial charge in [0.2, 0.25) is 11.9 Å². The maximum absolute atomic E-state index is 4.47. The lowest BCUT2D eigenvalue weighted by Crippen LogP contribution is -2.06. The zero-order valence-electron chi connectivity index (χ0n) is 10.5. The molecular weight excluding hydrogens is 260 g/mol. The third-order valence-corrected chi connectivity index (χ3v) is 3.43. The van der Waals surface area contributed by atoms with Crippen molar-refractivity contribution in [2.45, 2.75) is 6.92 Å². The van der Waals surface area contributed by atoms with Crippen LogP contribution in [-0.4, -0.2) is 31.6 Å². The number of rotatable bonds is 3. The topological polar surface area (TPSA) is 68.5 Å². The van der Waals surface area contributed by atoms with E-state index in [0.717, 1.165) is 5.56 Å². The van der Waals surface area contributed by atoms with Gasteiger partial charge in [-0.2, -0.15) is 15.0 Å². The van der Waals surface area contributed by atoms with Crippen molar-refractivity contribution in [3.63, 3.8) is 0 Å². The molecule has 0 radical (unpaired) electrons. The summed E-state index contributed by atoms with van der Waals surface area (Å²) in [7, 11) is 1.79. The Kier molecular flexibility index (Phi) is 2.96. The van der Waals surface area contributed by atoms with Gasteiger partial charge in [-0.15, -0.1) is 11.3 Å². The van der Waals surface area contributed by atoms with Gasteiger partial charge in [0.1, 0.15) is 6.33 Å². The molecule has 3 heterocycles. The predicted molar refractivity (Wildman–Crippen MR) is 74.5 cm³/mol. The molecule has 0 aliphatic carbocycles. The molecule has 3 rings (SSSR count). The Hall–Kier alpha value is -2.28. The molecule has 0 aliphatic heterocycles. The molecule has 3 aromatic heterocycles. The molecule has 1 N–H and O–H groups in total.